The van der Waals surface area contributed by atoms with E-state index in [0.29, 0.717) is 6.04 Å². The number of nitrogens with one attached hydrogen (secondary N) is 1. The molecule has 3 rings (SSSR count). The topological polar surface area (TPSA) is 15.3 Å². The Morgan fingerprint density at radius 1 is 1.30 bits per heavy atom. The average Bonchev–Trinajstić information content (AvgIpc) is 2.80. The van der Waals surface area contributed by atoms with E-state index < -0.39 is 0 Å². The van der Waals surface area contributed by atoms with Crippen LogP contribution in [0.1, 0.15) is 37.7 Å². The molecule has 0 spiro atoms. The summed E-state index contributed by atoms with van der Waals surface area (Å²) >= 11 is 0. The number of rotatable bonds is 4. The normalized spacial score (nSPS) is 29.6. The van der Waals surface area contributed by atoms with Crippen molar-refractivity contribution in [3.63, 3.8) is 0 Å². The number of likely N-dealkylation sites (N-methyl/N-ethyl adjacent to an activating group) is 1. The van der Waals surface area contributed by atoms with E-state index in [1.807, 2.05) is 6.07 Å². The number of hydrogen-bond acceptors (Lipinski definition) is 2. The van der Waals surface area contributed by atoms with Crippen molar-refractivity contribution in [2.45, 2.75) is 50.7 Å². The van der Waals surface area contributed by atoms with Gasteiger partial charge in [0.2, 0.25) is 0 Å². The first-order valence-corrected chi connectivity index (χ1v) is 7.90. The number of benzene rings is 1. The second-order valence-electron chi connectivity index (χ2n) is 6.58. The van der Waals surface area contributed by atoms with Crippen LogP contribution in [0, 0.1) is 11.7 Å². The standard InChI is InChI=1S/C17H25FN2/c1-20(11-13-5-4-7-15(18)9-13)12-16-10-14-6-2-3-8-17(14)19-16/h4-5,7,9,14,16-17,19H,2-3,6,8,10-12H2,1H3. The molecule has 2 nitrogen and oxygen atoms in total. The fourth-order valence-electron chi connectivity index (χ4n) is 3.96. The average molecular weight is 276 g/mol. The highest BCUT2D eigenvalue weighted by Gasteiger charge is 2.35. The maximum atomic E-state index is 13.2. The quantitative estimate of drug-likeness (QED) is 0.908. The third-order valence-electron chi connectivity index (χ3n) is 4.82. The van der Waals surface area contributed by atoms with Gasteiger partial charge in [-0.3, -0.25) is 0 Å². The van der Waals surface area contributed by atoms with E-state index in [2.05, 4.69) is 17.3 Å². The van der Waals surface area contributed by atoms with Gasteiger partial charge in [0.15, 0.2) is 0 Å². The molecule has 0 amide bonds. The molecule has 1 saturated heterocycles. The Morgan fingerprint density at radius 3 is 2.95 bits per heavy atom. The van der Waals surface area contributed by atoms with E-state index in [-0.39, 0.29) is 5.82 Å². The van der Waals surface area contributed by atoms with Crippen molar-refractivity contribution in [3.8, 4) is 0 Å². The zero-order valence-electron chi connectivity index (χ0n) is 12.3. The summed E-state index contributed by atoms with van der Waals surface area (Å²) in [6, 6.07) is 8.31. The summed E-state index contributed by atoms with van der Waals surface area (Å²) in [4.78, 5) is 2.31. The van der Waals surface area contributed by atoms with E-state index in [1.165, 1.54) is 38.2 Å². The smallest absolute Gasteiger partial charge is 0.123 e. The van der Waals surface area contributed by atoms with Crippen LogP contribution in [-0.4, -0.2) is 30.6 Å². The molecule has 1 aliphatic carbocycles. The summed E-state index contributed by atoms with van der Waals surface area (Å²) in [5.41, 5.74) is 1.06. The van der Waals surface area contributed by atoms with Crippen molar-refractivity contribution >= 4 is 0 Å². The maximum absolute atomic E-state index is 13.2. The zero-order chi connectivity index (χ0) is 13.9. The van der Waals surface area contributed by atoms with Crippen molar-refractivity contribution in [2.75, 3.05) is 13.6 Å². The lowest BCUT2D eigenvalue weighted by atomic mass is 9.85. The first-order valence-electron chi connectivity index (χ1n) is 7.90. The maximum Gasteiger partial charge on any atom is 0.123 e. The molecule has 0 bridgehead atoms. The van der Waals surface area contributed by atoms with Crippen LogP contribution >= 0.6 is 0 Å². The van der Waals surface area contributed by atoms with Gasteiger partial charge < -0.3 is 10.2 Å². The third-order valence-corrected chi connectivity index (χ3v) is 4.82. The monoisotopic (exact) mass is 276 g/mol. The van der Waals surface area contributed by atoms with Gasteiger partial charge in [-0.1, -0.05) is 25.0 Å². The second-order valence-corrected chi connectivity index (χ2v) is 6.58. The molecule has 1 aromatic carbocycles. The molecule has 2 aliphatic rings. The Morgan fingerprint density at radius 2 is 2.15 bits per heavy atom. The number of hydrogen-bond donors (Lipinski definition) is 1. The Bertz CT molecular complexity index is 434. The molecule has 20 heavy (non-hydrogen) atoms. The summed E-state index contributed by atoms with van der Waals surface area (Å²) in [7, 11) is 2.13. The minimum Gasteiger partial charge on any atom is -0.310 e. The van der Waals surface area contributed by atoms with E-state index in [0.717, 1.165) is 30.6 Å². The molecule has 3 unspecified atom stereocenters. The lowest BCUT2D eigenvalue weighted by molar-refractivity contribution is 0.288. The van der Waals surface area contributed by atoms with Gasteiger partial charge in [0.05, 0.1) is 0 Å². The molecule has 3 atom stereocenters. The summed E-state index contributed by atoms with van der Waals surface area (Å²) < 4.78 is 13.2. The van der Waals surface area contributed by atoms with Crippen LogP contribution in [0.4, 0.5) is 4.39 Å². The highest BCUT2D eigenvalue weighted by molar-refractivity contribution is 5.16. The summed E-state index contributed by atoms with van der Waals surface area (Å²) in [5, 5.41) is 3.81. The van der Waals surface area contributed by atoms with Gasteiger partial charge in [0, 0.05) is 25.2 Å². The van der Waals surface area contributed by atoms with Crippen LogP contribution in [-0.2, 0) is 6.54 Å². The van der Waals surface area contributed by atoms with Gasteiger partial charge in [-0.05, 0) is 49.9 Å². The van der Waals surface area contributed by atoms with Gasteiger partial charge in [0.1, 0.15) is 5.82 Å². The van der Waals surface area contributed by atoms with Gasteiger partial charge in [-0.25, -0.2) is 4.39 Å². The molecule has 0 aromatic heterocycles. The van der Waals surface area contributed by atoms with Crippen molar-refractivity contribution in [1.82, 2.24) is 10.2 Å². The molecule has 1 heterocycles. The Hall–Kier alpha value is -0.930. The van der Waals surface area contributed by atoms with Crippen molar-refractivity contribution in [3.05, 3.63) is 35.6 Å². The predicted octanol–water partition coefficient (Wildman–Crippen LogP) is 3.18. The summed E-state index contributed by atoms with van der Waals surface area (Å²) in [6.07, 6.45) is 6.88. The number of nitrogens with zero attached hydrogens (tertiary/aromatic N) is 1. The lowest BCUT2D eigenvalue weighted by Gasteiger charge is -2.24. The zero-order valence-corrected chi connectivity index (χ0v) is 12.3. The molecular weight excluding hydrogens is 251 g/mol. The molecule has 3 heteroatoms. The van der Waals surface area contributed by atoms with Gasteiger partial charge in [-0.15, -0.1) is 0 Å². The largest absolute Gasteiger partial charge is 0.310 e. The minimum atomic E-state index is -0.138. The fourth-order valence-corrected chi connectivity index (χ4v) is 3.96. The van der Waals surface area contributed by atoms with Gasteiger partial charge in [0.25, 0.3) is 0 Å². The van der Waals surface area contributed by atoms with E-state index in [4.69, 9.17) is 0 Å². The molecule has 1 aromatic rings. The summed E-state index contributed by atoms with van der Waals surface area (Å²) in [6.45, 7) is 1.88. The second kappa shape index (κ2) is 6.23. The fraction of sp³-hybridized carbons (Fsp3) is 0.647. The SMILES string of the molecule is CN(Cc1cccc(F)c1)CC1CC2CCCCC2N1. The molecule has 2 fully saturated rings. The molecular formula is C17H25FN2. The minimum absolute atomic E-state index is 0.138. The summed E-state index contributed by atoms with van der Waals surface area (Å²) in [5.74, 6) is 0.761. The predicted molar refractivity (Wildman–Crippen MR) is 80.0 cm³/mol. The van der Waals surface area contributed by atoms with Crippen LogP contribution < -0.4 is 5.32 Å². The highest BCUT2D eigenvalue weighted by atomic mass is 19.1. The third kappa shape index (κ3) is 3.39. The Labute approximate surface area is 121 Å². The molecule has 1 N–H and O–H groups in total. The first kappa shape index (κ1) is 14.0. The lowest BCUT2D eigenvalue weighted by Crippen LogP contribution is -2.39. The van der Waals surface area contributed by atoms with Crippen molar-refractivity contribution in [2.24, 2.45) is 5.92 Å². The number of fused-ring (bicyclic) bond motifs is 1. The van der Waals surface area contributed by atoms with Crippen LogP contribution in [0.15, 0.2) is 24.3 Å². The van der Waals surface area contributed by atoms with Gasteiger partial charge >= 0.3 is 0 Å². The Balaban J connectivity index is 1.50. The van der Waals surface area contributed by atoms with Crippen LogP contribution in [0.25, 0.3) is 0 Å². The molecule has 110 valence electrons. The first-order chi connectivity index (χ1) is 9.70. The van der Waals surface area contributed by atoms with E-state index in [1.54, 1.807) is 12.1 Å². The van der Waals surface area contributed by atoms with E-state index >= 15 is 0 Å². The molecule has 0 radical (unpaired) electrons. The molecule has 1 saturated carbocycles. The van der Waals surface area contributed by atoms with Crippen molar-refractivity contribution < 1.29 is 4.39 Å². The number of halogens is 1. The van der Waals surface area contributed by atoms with Crippen LogP contribution in [0.3, 0.4) is 0 Å². The molecule has 1 aliphatic heterocycles. The van der Waals surface area contributed by atoms with Crippen LogP contribution in [0.2, 0.25) is 0 Å². The van der Waals surface area contributed by atoms with Gasteiger partial charge in [-0.2, -0.15) is 0 Å². The van der Waals surface area contributed by atoms with Crippen LogP contribution in [0.5, 0.6) is 0 Å². The highest BCUT2D eigenvalue weighted by Crippen LogP contribution is 2.33. The van der Waals surface area contributed by atoms with Crippen molar-refractivity contribution in [1.29, 1.82) is 0 Å². The Kier molecular flexibility index (Phi) is 4.37. The van der Waals surface area contributed by atoms with E-state index in [9.17, 15) is 4.39 Å².